The van der Waals surface area contributed by atoms with Crippen LogP contribution in [0.25, 0.3) is 0 Å². The maximum Gasteiger partial charge on any atom is 0.0628 e. The van der Waals surface area contributed by atoms with Crippen LogP contribution in [0.2, 0.25) is 0 Å². The second-order valence-corrected chi connectivity index (χ2v) is 5.36. The first-order valence-corrected chi connectivity index (χ1v) is 7.27. The van der Waals surface area contributed by atoms with Gasteiger partial charge < -0.3 is 0 Å². The number of hydrogen-bond acceptors (Lipinski definition) is 3. The Kier molecular flexibility index (Phi) is 6.99. The van der Waals surface area contributed by atoms with Crippen LogP contribution in [0.15, 0.2) is 29.2 Å². The van der Waals surface area contributed by atoms with Gasteiger partial charge in [-0.1, -0.05) is 25.5 Å². The Morgan fingerprint density at radius 1 is 1.22 bits per heavy atom. The van der Waals surface area contributed by atoms with E-state index >= 15 is 0 Å². The smallest absolute Gasteiger partial charge is 0.0628 e. The van der Waals surface area contributed by atoms with E-state index in [-0.39, 0.29) is 5.92 Å². The van der Waals surface area contributed by atoms with Crippen molar-refractivity contribution in [2.45, 2.75) is 43.4 Å². The molecule has 1 aromatic rings. The molecule has 0 heterocycles. The molecule has 0 aliphatic heterocycles. The maximum atomic E-state index is 8.80. The van der Waals surface area contributed by atoms with E-state index in [9.17, 15) is 0 Å². The zero-order chi connectivity index (χ0) is 13.2. The molecular weight excluding hydrogens is 240 g/mol. The number of benzene rings is 1. The molecule has 0 spiro atoms. The molecule has 0 unspecified atom stereocenters. The Hall–Kier alpha value is -1.45. The van der Waals surface area contributed by atoms with Crippen molar-refractivity contribution in [3.8, 4) is 12.1 Å². The Morgan fingerprint density at radius 2 is 1.94 bits per heavy atom. The number of nitrogens with zero attached hydrogens (tertiary/aromatic N) is 2. The van der Waals surface area contributed by atoms with E-state index in [2.05, 4.69) is 31.2 Å². The Morgan fingerprint density at radius 3 is 2.56 bits per heavy atom. The lowest BCUT2D eigenvalue weighted by Crippen LogP contribution is -1.97. The van der Waals surface area contributed by atoms with Crippen molar-refractivity contribution in [3.05, 3.63) is 29.8 Å². The highest BCUT2D eigenvalue weighted by atomic mass is 32.2. The number of unbranched alkanes of at least 4 members (excludes halogenated alkanes) is 1. The van der Waals surface area contributed by atoms with Crippen molar-refractivity contribution in [1.82, 2.24) is 0 Å². The number of thioether (sulfide) groups is 1. The molecule has 0 aliphatic rings. The first kappa shape index (κ1) is 14.6. The molecule has 1 aromatic carbocycles. The molecule has 2 nitrogen and oxygen atoms in total. The number of rotatable bonds is 7. The molecule has 0 aromatic heterocycles. The van der Waals surface area contributed by atoms with Crippen LogP contribution in [-0.4, -0.2) is 5.75 Å². The predicted octanol–water partition coefficient (Wildman–Crippen LogP) is 4.49. The van der Waals surface area contributed by atoms with Gasteiger partial charge in [-0.05, 0) is 29.9 Å². The third kappa shape index (κ3) is 4.82. The minimum absolute atomic E-state index is 0.0479. The van der Waals surface area contributed by atoms with Gasteiger partial charge >= 0.3 is 0 Å². The summed E-state index contributed by atoms with van der Waals surface area (Å²) < 4.78 is 0. The van der Waals surface area contributed by atoms with E-state index < -0.39 is 0 Å². The van der Waals surface area contributed by atoms with Crippen LogP contribution < -0.4 is 0 Å². The van der Waals surface area contributed by atoms with E-state index in [1.807, 2.05) is 23.9 Å². The zero-order valence-electron chi connectivity index (χ0n) is 10.7. The van der Waals surface area contributed by atoms with Gasteiger partial charge in [0.1, 0.15) is 0 Å². The minimum atomic E-state index is 0.0479. The Labute approximate surface area is 114 Å². The summed E-state index contributed by atoms with van der Waals surface area (Å²) in [6.07, 6.45) is 3.25. The summed E-state index contributed by atoms with van der Waals surface area (Å²) in [5, 5.41) is 17.6. The van der Waals surface area contributed by atoms with Gasteiger partial charge in [0.15, 0.2) is 0 Å². The summed E-state index contributed by atoms with van der Waals surface area (Å²) in [6.45, 7) is 2.19. The predicted molar refractivity (Wildman–Crippen MR) is 75.3 cm³/mol. The molecule has 0 atom stereocenters. The third-order valence-corrected chi connectivity index (χ3v) is 3.85. The van der Waals surface area contributed by atoms with Gasteiger partial charge in [0.2, 0.25) is 0 Å². The summed E-state index contributed by atoms with van der Waals surface area (Å²) in [6, 6.07) is 12.6. The average Bonchev–Trinajstić information content (AvgIpc) is 2.39. The second-order valence-electron chi connectivity index (χ2n) is 4.20. The quantitative estimate of drug-likeness (QED) is 0.534. The fourth-order valence-electron chi connectivity index (χ4n) is 1.72. The van der Waals surface area contributed by atoms with Crippen molar-refractivity contribution in [1.29, 1.82) is 10.5 Å². The van der Waals surface area contributed by atoms with Crippen molar-refractivity contribution >= 4 is 11.8 Å². The van der Waals surface area contributed by atoms with Crippen molar-refractivity contribution in [2.24, 2.45) is 0 Å². The van der Waals surface area contributed by atoms with E-state index in [0.717, 1.165) is 11.3 Å². The summed E-state index contributed by atoms with van der Waals surface area (Å²) in [7, 11) is 0. The zero-order valence-corrected chi connectivity index (χ0v) is 11.5. The standard InChI is InChI=1S/C15H18N2S/c1-2-3-11-18-15-6-4-5-14(12-15)13(7-9-16)8-10-17/h4-6,12-13H,2-3,7-8,11H2,1H3. The van der Waals surface area contributed by atoms with Gasteiger partial charge in [0.25, 0.3) is 0 Å². The van der Waals surface area contributed by atoms with Crippen molar-refractivity contribution in [2.75, 3.05) is 5.75 Å². The SMILES string of the molecule is CCCCSc1cccc(C(CC#N)CC#N)c1. The van der Waals surface area contributed by atoms with Gasteiger partial charge in [-0.15, -0.1) is 11.8 Å². The summed E-state index contributed by atoms with van der Waals surface area (Å²) in [5.41, 5.74) is 1.11. The highest BCUT2D eigenvalue weighted by Gasteiger charge is 2.11. The van der Waals surface area contributed by atoms with Gasteiger partial charge in [-0.3, -0.25) is 0 Å². The van der Waals surface area contributed by atoms with Crippen LogP contribution in [0, 0.1) is 22.7 Å². The Balaban J connectivity index is 2.73. The van der Waals surface area contributed by atoms with Gasteiger partial charge in [0.05, 0.1) is 12.1 Å². The van der Waals surface area contributed by atoms with Crippen molar-refractivity contribution < 1.29 is 0 Å². The van der Waals surface area contributed by atoms with Gasteiger partial charge in [-0.25, -0.2) is 0 Å². The molecule has 0 saturated carbocycles. The van der Waals surface area contributed by atoms with E-state index in [1.165, 1.54) is 17.7 Å². The normalized spacial score (nSPS) is 10.0. The maximum absolute atomic E-state index is 8.80. The third-order valence-electron chi connectivity index (χ3n) is 2.77. The van der Waals surface area contributed by atoms with Crippen LogP contribution in [0.4, 0.5) is 0 Å². The van der Waals surface area contributed by atoms with E-state index in [0.29, 0.717) is 12.8 Å². The molecule has 0 radical (unpaired) electrons. The molecule has 1 rings (SSSR count). The van der Waals surface area contributed by atoms with Gasteiger partial charge in [0, 0.05) is 23.7 Å². The lowest BCUT2D eigenvalue weighted by atomic mass is 9.94. The van der Waals surface area contributed by atoms with Crippen LogP contribution >= 0.6 is 11.8 Å². The molecule has 0 fully saturated rings. The van der Waals surface area contributed by atoms with E-state index in [4.69, 9.17) is 10.5 Å². The topological polar surface area (TPSA) is 47.6 Å². The monoisotopic (exact) mass is 258 g/mol. The molecule has 0 N–H and O–H groups in total. The van der Waals surface area contributed by atoms with E-state index in [1.54, 1.807) is 0 Å². The summed E-state index contributed by atoms with van der Waals surface area (Å²) >= 11 is 1.85. The van der Waals surface area contributed by atoms with Crippen LogP contribution in [0.1, 0.15) is 44.1 Å². The molecular formula is C15H18N2S. The first-order valence-electron chi connectivity index (χ1n) is 6.28. The first-order chi connectivity index (χ1) is 8.81. The summed E-state index contributed by atoms with van der Waals surface area (Å²) in [4.78, 5) is 1.24. The molecule has 0 aliphatic carbocycles. The number of nitriles is 2. The molecule has 0 bridgehead atoms. The lowest BCUT2D eigenvalue weighted by molar-refractivity contribution is 0.724. The lowest BCUT2D eigenvalue weighted by Gasteiger charge is -2.11. The molecule has 18 heavy (non-hydrogen) atoms. The van der Waals surface area contributed by atoms with Crippen LogP contribution in [-0.2, 0) is 0 Å². The highest BCUT2D eigenvalue weighted by Crippen LogP contribution is 2.27. The van der Waals surface area contributed by atoms with Crippen LogP contribution in [0.3, 0.4) is 0 Å². The van der Waals surface area contributed by atoms with Crippen LogP contribution in [0.5, 0.6) is 0 Å². The highest BCUT2D eigenvalue weighted by molar-refractivity contribution is 7.99. The summed E-state index contributed by atoms with van der Waals surface area (Å²) in [5.74, 6) is 1.17. The number of hydrogen-bond donors (Lipinski definition) is 0. The van der Waals surface area contributed by atoms with Gasteiger partial charge in [-0.2, -0.15) is 10.5 Å². The fraction of sp³-hybridized carbons (Fsp3) is 0.467. The van der Waals surface area contributed by atoms with Crippen molar-refractivity contribution in [3.63, 3.8) is 0 Å². The molecule has 0 saturated heterocycles. The minimum Gasteiger partial charge on any atom is -0.198 e. The largest absolute Gasteiger partial charge is 0.198 e. The molecule has 0 amide bonds. The molecule has 3 heteroatoms. The second kappa shape index (κ2) is 8.61. The Bertz CT molecular complexity index is 427. The average molecular weight is 258 g/mol. The fourth-order valence-corrected chi connectivity index (χ4v) is 2.78. The molecule has 94 valence electrons.